The number of hydrogen-bond donors (Lipinski definition) is 1. The predicted octanol–water partition coefficient (Wildman–Crippen LogP) is 5.18. The Bertz CT molecular complexity index is 898. The minimum atomic E-state index is -0.366. The number of halogens is 1. The Hall–Kier alpha value is -3.05. The van der Waals surface area contributed by atoms with Crippen molar-refractivity contribution < 1.29 is 14.3 Å². The summed E-state index contributed by atoms with van der Waals surface area (Å²) in [4.78, 5) is 16.4. The van der Waals surface area contributed by atoms with Crippen LogP contribution in [0.15, 0.2) is 66.9 Å². The zero-order valence-corrected chi connectivity index (χ0v) is 14.9. The van der Waals surface area contributed by atoms with Gasteiger partial charge in [-0.15, -0.1) is 0 Å². The second-order valence-electron chi connectivity index (χ2n) is 5.32. The molecule has 0 spiro atoms. The van der Waals surface area contributed by atoms with Gasteiger partial charge >= 0.3 is 0 Å². The normalized spacial score (nSPS) is 10.2. The smallest absolute Gasteiger partial charge is 0.274 e. The van der Waals surface area contributed by atoms with Gasteiger partial charge in [0, 0.05) is 11.2 Å². The van der Waals surface area contributed by atoms with Gasteiger partial charge in [-0.2, -0.15) is 0 Å². The van der Waals surface area contributed by atoms with Gasteiger partial charge in [-0.3, -0.25) is 9.78 Å². The van der Waals surface area contributed by atoms with E-state index in [1.54, 1.807) is 18.2 Å². The van der Waals surface area contributed by atoms with Gasteiger partial charge in [-0.25, -0.2) is 0 Å². The molecule has 0 bridgehead atoms. The average molecular weight is 369 g/mol. The van der Waals surface area contributed by atoms with E-state index in [1.165, 1.54) is 12.3 Å². The summed E-state index contributed by atoms with van der Waals surface area (Å²) >= 11 is 5.91. The standard InChI is InChI=1S/C20H17ClN2O3/c1-2-25-15-7-9-16(10-8-15)26-19-6-4-3-5-17(19)23-20(24)18-13-14(21)11-12-22-18/h3-13H,2H2,1H3,(H,23,24). The van der Waals surface area contributed by atoms with Crippen molar-refractivity contribution in [1.82, 2.24) is 4.98 Å². The number of ether oxygens (including phenoxy) is 2. The van der Waals surface area contributed by atoms with Gasteiger partial charge in [0.2, 0.25) is 0 Å². The van der Waals surface area contributed by atoms with Gasteiger partial charge in [0.1, 0.15) is 17.2 Å². The Morgan fingerprint density at radius 3 is 2.54 bits per heavy atom. The number of rotatable bonds is 6. The third-order valence-corrected chi connectivity index (χ3v) is 3.69. The topological polar surface area (TPSA) is 60.5 Å². The van der Waals surface area contributed by atoms with Crippen molar-refractivity contribution in [3.05, 3.63) is 77.6 Å². The third kappa shape index (κ3) is 4.52. The van der Waals surface area contributed by atoms with E-state index >= 15 is 0 Å². The van der Waals surface area contributed by atoms with E-state index in [0.29, 0.717) is 28.8 Å². The van der Waals surface area contributed by atoms with E-state index in [2.05, 4.69) is 10.3 Å². The van der Waals surface area contributed by atoms with E-state index in [9.17, 15) is 4.79 Å². The van der Waals surface area contributed by atoms with Crippen molar-refractivity contribution in [3.8, 4) is 17.2 Å². The molecule has 0 aliphatic carbocycles. The van der Waals surface area contributed by atoms with E-state index in [0.717, 1.165) is 5.75 Å². The molecule has 2 aromatic carbocycles. The summed E-state index contributed by atoms with van der Waals surface area (Å²) in [5.41, 5.74) is 0.765. The molecule has 5 nitrogen and oxygen atoms in total. The first kappa shape index (κ1) is 17.8. The molecule has 0 saturated carbocycles. The van der Waals surface area contributed by atoms with Crippen LogP contribution in [0, 0.1) is 0 Å². The van der Waals surface area contributed by atoms with Gasteiger partial charge in [0.25, 0.3) is 5.91 Å². The zero-order valence-electron chi connectivity index (χ0n) is 14.1. The van der Waals surface area contributed by atoms with Crippen LogP contribution in [0.4, 0.5) is 5.69 Å². The van der Waals surface area contributed by atoms with Gasteiger partial charge in [0.15, 0.2) is 5.75 Å². The highest BCUT2D eigenvalue weighted by atomic mass is 35.5. The van der Waals surface area contributed by atoms with Gasteiger partial charge in [0.05, 0.1) is 12.3 Å². The molecule has 0 saturated heterocycles. The van der Waals surface area contributed by atoms with Crippen molar-refractivity contribution in [3.63, 3.8) is 0 Å². The molecule has 1 N–H and O–H groups in total. The molecule has 1 heterocycles. The lowest BCUT2D eigenvalue weighted by atomic mass is 10.2. The fourth-order valence-corrected chi connectivity index (χ4v) is 2.43. The second kappa shape index (κ2) is 8.36. The first-order chi connectivity index (χ1) is 12.7. The molecule has 1 amide bonds. The number of hydrogen-bond acceptors (Lipinski definition) is 4. The van der Waals surface area contributed by atoms with Crippen LogP contribution in [0.3, 0.4) is 0 Å². The highest BCUT2D eigenvalue weighted by Gasteiger charge is 2.12. The minimum absolute atomic E-state index is 0.230. The predicted molar refractivity (Wildman–Crippen MR) is 101 cm³/mol. The summed E-state index contributed by atoms with van der Waals surface area (Å²) in [5, 5.41) is 3.24. The molecule has 0 fully saturated rings. The van der Waals surface area contributed by atoms with E-state index < -0.39 is 0 Å². The van der Waals surface area contributed by atoms with E-state index in [1.807, 2.05) is 43.3 Å². The molecule has 1 aromatic heterocycles. The first-order valence-corrected chi connectivity index (χ1v) is 8.46. The number of pyridine rings is 1. The molecule has 132 valence electrons. The maximum Gasteiger partial charge on any atom is 0.274 e. The Morgan fingerprint density at radius 2 is 1.81 bits per heavy atom. The van der Waals surface area contributed by atoms with Gasteiger partial charge in [-0.1, -0.05) is 23.7 Å². The first-order valence-electron chi connectivity index (χ1n) is 8.08. The summed E-state index contributed by atoms with van der Waals surface area (Å²) in [6, 6.07) is 17.6. The van der Waals surface area contributed by atoms with Crippen molar-refractivity contribution in [2.24, 2.45) is 0 Å². The van der Waals surface area contributed by atoms with Crippen molar-refractivity contribution in [2.45, 2.75) is 6.92 Å². The molecular weight excluding hydrogens is 352 g/mol. The van der Waals surface area contributed by atoms with Crippen molar-refractivity contribution >= 4 is 23.2 Å². The maximum atomic E-state index is 12.4. The molecule has 0 radical (unpaired) electrons. The van der Waals surface area contributed by atoms with Crippen LogP contribution in [0.5, 0.6) is 17.2 Å². The molecular formula is C20H17ClN2O3. The van der Waals surface area contributed by atoms with Crippen molar-refractivity contribution in [2.75, 3.05) is 11.9 Å². The summed E-state index contributed by atoms with van der Waals surface area (Å²) in [7, 11) is 0. The number of benzene rings is 2. The van der Waals surface area contributed by atoms with Crippen LogP contribution >= 0.6 is 11.6 Å². The number of carbonyl (C=O) groups is 1. The van der Waals surface area contributed by atoms with E-state index in [-0.39, 0.29) is 11.6 Å². The summed E-state index contributed by atoms with van der Waals surface area (Å²) < 4.78 is 11.3. The fourth-order valence-electron chi connectivity index (χ4n) is 2.27. The SMILES string of the molecule is CCOc1ccc(Oc2ccccc2NC(=O)c2cc(Cl)ccn2)cc1. The number of nitrogens with zero attached hydrogens (tertiary/aromatic N) is 1. The Labute approximate surface area is 156 Å². The Kier molecular flexibility index (Phi) is 5.71. The lowest BCUT2D eigenvalue weighted by Crippen LogP contribution is -2.14. The van der Waals surface area contributed by atoms with Gasteiger partial charge < -0.3 is 14.8 Å². The summed E-state index contributed by atoms with van der Waals surface area (Å²) in [6.07, 6.45) is 1.49. The molecule has 0 aliphatic heterocycles. The number of nitrogens with one attached hydrogen (secondary N) is 1. The number of aromatic nitrogens is 1. The van der Waals surface area contributed by atoms with Crippen molar-refractivity contribution in [1.29, 1.82) is 0 Å². The molecule has 6 heteroatoms. The van der Waals surface area contributed by atoms with Crippen LogP contribution in [-0.4, -0.2) is 17.5 Å². The minimum Gasteiger partial charge on any atom is -0.494 e. The highest BCUT2D eigenvalue weighted by Crippen LogP contribution is 2.30. The highest BCUT2D eigenvalue weighted by molar-refractivity contribution is 6.31. The monoisotopic (exact) mass is 368 g/mol. The van der Waals surface area contributed by atoms with E-state index in [4.69, 9.17) is 21.1 Å². The Morgan fingerprint density at radius 1 is 1.08 bits per heavy atom. The summed E-state index contributed by atoms with van der Waals surface area (Å²) in [6.45, 7) is 2.53. The van der Waals surface area contributed by atoms with Gasteiger partial charge in [-0.05, 0) is 55.5 Å². The van der Waals surface area contributed by atoms with Crippen LogP contribution in [0.1, 0.15) is 17.4 Å². The van der Waals surface area contributed by atoms with Crippen LogP contribution in [0.25, 0.3) is 0 Å². The maximum absolute atomic E-state index is 12.4. The zero-order chi connectivity index (χ0) is 18.4. The molecule has 0 aliphatic rings. The number of para-hydroxylation sites is 2. The molecule has 0 unspecified atom stereocenters. The summed E-state index contributed by atoms with van der Waals surface area (Å²) in [5.74, 6) is 1.56. The molecule has 3 aromatic rings. The fraction of sp³-hybridized carbons (Fsp3) is 0.100. The van der Waals surface area contributed by atoms with Crippen LogP contribution in [-0.2, 0) is 0 Å². The lowest BCUT2D eigenvalue weighted by molar-refractivity contribution is 0.102. The average Bonchev–Trinajstić information content (AvgIpc) is 2.65. The Balaban J connectivity index is 1.76. The van der Waals surface area contributed by atoms with Crippen LogP contribution < -0.4 is 14.8 Å². The molecule has 3 rings (SSSR count). The largest absolute Gasteiger partial charge is 0.494 e. The number of amides is 1. The third-order valence-electron chi connectivity index (χ3n) is 3.45. The quantitative estimate of drug-likeness (QED) is 0.651. The molecule has 0 atom stereocenters. The second-order valence-corrected chi connectivity index (χ2v) is 5.75. The number of anilines is 1. The number of carbonyl (C=O) groups excluding carboxylic acids is 1. The lowest BCUT2D eigenvalue weighted by Gasteiger charge is -2.12. The van der Waals surface area contributed by atoms with Crippen LogP contribution in [0.2, 0.25) is 5.02 Å². The molecule has 26 heavy (non-hydrogen) atoms.